The Morgan fingerprint density at radius 3 is 2.52 bits per heavy atom. The van der Waals surface area contributed by atoms with Crippen molar-refractivity contribution in [2.24, 2.45) is 0 Å². The van der Waals surface area contributed by atoms with Gasteiger partial charge in [-0.25, -0.2) is 0 Å². The summed E-state index contributed by atoms with van der Waals surface area (Å²) in [6.07, 6.45) is 2.41. The third-order valence-electron chi connectivity index (χ3n) is 4.03. The van der Waals surface area contributed by atoms with Gasteiger partial charge in [0.15, 0.2) is 4.67 Å². The van der Waals surface area contributed by atoms with Gasteiger partial charge in [-0.3, -0.25) is 4.90 Å². The van der Waals surface area contributed by atoms with Crippen LogP contribution in [0.4, 0.5) is 0 Å². The molecule has 1 N–H and O–H groups in total. The summed E-state index contributed by atoms with van der Waals surface area (Å²) in [6.45, 7) is 4.20. The molecule has 112 valence electrons. The van der Waals surface area contributed by atoms with Gasteiger partial charge in [0.05, 0.1) is 6.54 Å². The van der Waals surface area contributed by atoms with Gasteiger partial charge in [0.1, 0.15) is 5.76 Å². The predicted molar refractivity (Wildman–Crippen MR) is 88.0 cm³/mol. The molecule has 0 bridgehead atoms. The van der Waals surface area contributed by atoms with Crippen LogP contribution in [0.1, 0.15) is 24.2 Å². The van der Waals surface area contributed by atoms with Crippen LogP contribution in [0.15, 0.2) is 51.6 Å². The van der Waals surface area contributed by atoms with Gasteiger partial charge < -0.3 is 9.73 Å². The fourth-order valence-corrected chi connectivity index (χ4v) is 3.17. The second kappa shape index (κ2) is 7.25. The van der Waals surface area contributed by atoms with E-state index >= 15 is 0 Å². The lowest BCUT2D eigenvalue weighted by Crippen LogP contribution is -2.41. The monoisotopic (exact) mass is 348 g/mol. The van der Waals surface area contributed by atoms with Crippen molar-refractivity contribution < 1.29 is 4.42 Å². The van der Waals surface area contributed by atoms with E-state index in [-0.39, 0.29) is 0 Å². The quantitative estimate of drug-likeness (QED) is 0.890. The molecule has 1 aliphatic rings. The van der Waals surface area contributed by atoms with Gasteiger partial charge in [-0.2, -0.15) is 0 Å². The molecule has 1 saturated heterocycles. The molecular weight excluding hydrogens is 328 g/mol. The number of piperidine rings is 1. The van der Waals surface area contributed by atoms with E-state index in [0.29, 0.717) is 6.04 Å². The zero-order valence-corrected chi connectivity index (χ0v) is 13.7. The first-order valence-electron chi connectivity index (χ1n) is 7.53. The molecule has 21 heavy (non-hydrogen) atoms. The van der Waals surface area contributed by atoms with Crippen LogP contribution >= 0.6 is 15.9 Å². The molecule has 1 aromatic carbocycles. The summed E-state index contributed by atoms with van der Waals surface area (Å²) < 4.78 is 6.32. The lowest BCUT2D eigenvalue weighted by molar-refractivity contribution is 0.188. The van der Waals surface area contributed by atoms with Crippen molar-refractivity contribution in [3.05, 3.63) is 58.5 Å². The number of halogens is 1. The van der Waals surface area contributed by atoms with Crippen LogP contribution in [0, 0.1) is 0 Å². The molecule has 3 rings (SSSR count). The summed E-state index contributed by atoms with van der Waals surface area (Å²) >= 11 is 3.34. The van der Waals surface area contributed by atoms with Crippen molar-refractivity contribution in [3.8, 4) is 0 Å². The van der Waals surface area contributed by atoms with Crippen LogP contribution in [0.5, 0.6) is 0 Å². The molecule has 2 heterocycles. The van der Waals surface area contributed by atoms with Gasteiger partial charge in [-0.05, 0) is 59.6 Å². The number of hydrogen-bond donors (Lipinski definition) is 1. The van der Waals surface area contributed by atoms with E-state index in [9.17, 15) is 0 Å². The maximum absolute atomic E-state index is 5.52. The molecule has 0 saturated carbocycles. The normalized spacial score (nSPS) is 17.2. The van der Waals surface area contributed by atoms with Crippen molar-refractivity contribution in [3.63, 3.8) is 0 Å². The number of nitrogens with one attached hydrogen (secondary N) is 1. The Labute approximate surface area is 134 Å². The van der Waals surface area contributed by atoms with Crippen molar-refractivity contribution in [1.29, 1.82) is 0 Å². The second-order valence-corrected chi connectivity index (χ2v) is 6.40. The first-order valence-corrected chi connectivity index (χ1v) is 8.33. The largest absolute Gasteiger partial charge is 0.453 e. The Kier molecular flexibility index (Phi) is 5.12. The lowest BCUT2D eigenvalue weighted by Gasteiger charge is -2.32. The SMILES string of the molecule is Brc1ccc(CNC2CCN(Cc3ccccc3)CC2)o1. The minimum absolute atomic E-state index is 0.598. The number of likely N-dealkylation sites (tertiary alicyclic amines) is 1. The number of nitrogens with zero attached hydrogens (tertiary/aromatic N) is 1. The fraction of sp³-hybridized carbons (Fsp3) is 0.412. The summed E-state index contributed by atoms with van der Waals surface area (Å²) in [5, 5.41) is 3.59. The number of furan rings is 1. The molecule has 1 aromatic heterocycles. The third kappa shape index (κ3) is 4.43. The average Bonchev–Trinajstić information content (AvgIpc) is 2.93. The zero-order chi connectivity index (χ0) is 14.5. The van der Waals surface area contributed by atoms with Crippen molar-refractivity contribution in [1.82, 2.24) is 10.2 Å². The Morgan fingerprint density at radius 2 is 1.86 bits per heavy atom. The van der Waals surface area contributed by atoms with Gasteiger partial charge in [0.2, 0.25) is 0 Å². The molecule has 0 radical (unpaired) electrons. The molecule has 4 heteroatoms. The van der Waals surface area contributed by atoms with E-state index in [1.54, 1.807) is 0 Å². The maximum Gasteiger partial charge on any atom is 0.169 e. The van der Waals surface area contributed by atoms with Crippen LogP contribution < -0.4 is 5.32 Å². The molecule has 0 spiro atoms. The van der Waals surface area contributed by atoms with E-state index < -0.39 is 0 Å². The van der Waals surface area contributed by atoms with Gasteiger partial charge in [0.25, 0.3) is 0 Å². The molecule has 2 aromatic rings. The Morgan fingerprint density at radius 1 is 1.10 bits per heavy atom. The smallest absolute Gasteiger partial charge is 0.169 e. The first kappa shape index (κ1) is 14.8. The highest BCUT2D eigenvalue weighted by atomic mass is 79.9. The van der Waals surface area contributed by atoms with Crippen molar-refractivity contribution in [2.75, 3.05) is 13.1 Å². The van der Waals surface area contributed by atoms with E-state index in [4.69, 9.17) is 4.42 Å². The lowest BCUT2D eigenvalue weighted by atomic mass is 10.0. The van der Waals surface area contributed by atoms with E-state index in [1.807, 2.05) is 12.1 Å². The molecule has 0 atom stereocenters. The summed E-state index contributed by atoms with van der Waals surface area (Å²) in [7, 11) is 0. The van der Waals surface area contributed by atoms with Gasteiger partial charge >= 0.3 is 0 Å². The topological polar surface area (TPSA) is 28.4 Å². The Balaban J connectivity index is 1.40. The van der Waals surface area contributed by atoms with Crippen LogP contribution in [0.25, 0.3) is 0 Å². The summed E-state index contributed by atoms with van der Waals surface area (Å²) in [6, 6.07) is 15.3. The van der Waals surface area contributed by atoms with E-state index in [2.05, 4.69) is 56.5 Å². The fourth-order valence-electron chi connectivity index (χ4n) is 2.83. The van der Waals surface area contributed by atoms with Crippen molar-refractivity contribution >= 4 is 15.9 Å². The van der Waals surface area contributed by atoms with Crippen LogP contribution in [0.3, 0.4) is 0 Å². The highest BCUT2D eigenvalue weighted by Crippen LogP contribution is 2.16. The predicted octanol–water partition coefficient (Wildman–Crippen LogP) is 3.80. The molecule has 1 fully saturated rings. The van der Waals surface area contributed by atoms with Gasteiger partial charge in [-0.15, -0.1) is 0 Å². The first-order chi connectivity index (χ1) is 10.3. The molecule has 0 unspecified atom stereocenters. The molecular formula is C17H21BrN2O. The summed E-state index contributed by atoms with van der Waals surface area (Å²) in [4.78, 5) is 2.54. The molecule has 3 nitrogen and oxygen atoms in total. The molecule has 0 amide bonds. The zero-order valence-electron chi connectivity index (χ0n) is 12.1. The van der Waals surface area contributed by atoms with Crippen LogP contribution in [-0.2, 0) is 13.1 Å². The minimum atomic E-state index is 0.598. The van der Waals surface area contributed by atoms with Crippen LogP contribution in [-0.4, -0.2) is 24.0 Å². The number of rotatable bonds is 5. The van der Waals surface area contributed by atoms with Gasteiger partial charge in [-0.1, -0.05) is 30.3 Å². The van der Waals surface area contributed by atoms with E-state index in [0.717, 1.165) is 36.6 Å². The Hall–Kier alpha value is -1.10. The highest BCUT2D eigenvalue weighted by Gasteiger charge is 2.19. The average molecular weight is 349 g/mol. The standard InChI is InChI=1S/C17H21BrN2O/c18-17-7-6-16(21-17)12-19-15-8-10-20(11-9-15)13-14-4-2-1-3-5-14/h1-7,15,19H,8-13H2. The number of hydrogen-bond acceptors (Lipinski definition) is 3. The molecule has 1 aliphatic heterocycles. The second-order valence-electron chi connectivity index (χ2n) is 5.62. The van der Waals surface area contributed by atoms with Gasteiger partial charge in [0, 0.05) is 12.6 Å². The molecule has 0 aliphatic carbocycles. The van der Waals surface area contributed by atoms with E-state index in [1.165, 1.54) is 18.4 Å². The summed E-state index contributed by atoms with van der Waals surface area (Å²) in [5.74, 6) is 0.994. The number of benzene rings is 1. The van der Waals surface area contributed by atoms with Crippen molar-refractivity contribution in [2.45, 2.75) is 32.0 Å². The maximum atomic E-state index is 5.52. The Bertz CT molecular complexity index is 547. The third-order valence-corrected chi connectivity index (χ3v) is 4.46. The summed E-state index contributed by atoms with van der Waals surface area (Å²) in [5.41, 5.74) is 1.41. The minimum Gasteiger partial charge on any atom is -0.453 e. The highest BCUT2D eigenvalue weighted by molar-refractivity contribution is 9.10. The van der Waals surface area contributed by atoms with Crippen LogP contribution in [0.2, 0.25) is 0 Å².